The lowest BCUT2D eigenvalue weighted by atomic mass is 10.2. The first-order chi connectivity index (χ1) is 21.2. The summed E-state index contributed by atoms with van der Waals surface area (Å²) in [6, 6.07) is 20.8. The normalized spacial score (nSPS) is 15.0. The SMILES string of the molecule is O=C(COc1ccc(Cl)cc1/C=C1\S/C(=N/N=C\c2cccc([N+](=O)[O-])c2)N(Cc2ccco2)C1=O)Nc1ccc(Cl)cc1. The van der Waals surface area contributed by atoms with Crippen molar-refractivity contribution >= 4 is 75.6 Å². The molecule has 1 fully saturated rings. The van der Waals surface area contributed by atoms with Crippen LogP contribution < -0.4 is 10.1 Å². The number of hydrogen-bond acceptors (Lipinski definition) is 9. The summed E-state index contributed by atoms with van der Waals surface area (Å²) in [5.41, 5.74) is 1.41. The molecule has 1 N–H and O–H groups in total. The van der Waals surface area contributed by atoms with Crippen molar-refractivity contribution in [1.82, 2.24) is 4.90 Å². The van der Waals surface area contributed by atoms with E-state index in [-0.39, 0.29) is 29.9 Å². The number of nitro benzene ring substituents is 1. The number of amidine groups is 1. The molecule has 222 valence electrons. The van der Waals surface area contributed by atoms with E-state index in [0.29, 0.717) is 43.3 Å². The summed E-state index contributed by atoms with van der Waals surface area (Å²) in [6.45, 7) is -0.212. The van der Waals surface area contributed by atoms with Crippen molar-refractivity contribution in [2.24, 2.45) is 10.2 Å². The van der Waals surface area contributed by atoms with Gasteiger partial charge in [-0.1, -0.05) is 35.3 Å². The molecule has 5 rings (SSSR count). The van der Waals surface area contributed by atoms with E-state index in [9.17, 15) is 19.7 Å². The molecule has 4 aromatic rings. The number of carbonyl (C=O) groups is 2. The maximum atomic E-state index is 13.5. The monoisotopic (exact) mass is 649 g/mol. The number of thioether (sulfide) groups is 1. The molecule has 1 aliphatic heterocycles. The average molecular weight is 651 g/mol. The van der Waals surface area contributed by atoms with Crippen molar-refractivity contribution in [2.45, 2.75) is 6.54 Å². The third-order valence-electron chi connectivity index (χ3n) is 5.96. The number of benzene rings is 3. The van der Waals surface area contributed by atoms with Gasteiger partial charge in [0.2, 0.25) is 0 Å². The number of hydrogen-bond donors (Lipinski definition) is 1. The summed E-state index contributed by atoms with van der Waals surface area (Å²) in [7, 11) is 0. The molecule has 14 heteroatoms. The van der Waals surface area contributed by atoms with Crippen LogP contribution >= 0.6 is 35.0 Å². The maximum absolute atomic E-state index is 13.5. The van der Waals surface area contributed by atoms with Gasteiger partial charge in [0.25, 0.3) is 17.5 Å². The van der Waals surface area contributed by atoms with Crippen LogP contribution in [-0.4, -0.2) is 39.6 Å². The Morgan fingerprint density at radius 2 is 1.86 bits per heavy atom. The van der Waals surface area contributed by atoms with E-state index >= 15 is 0 Å². The van der Waals surface area contributed by atoms with E-state index in [4.69, 9.17) is 32.4 Å². The molecule has 0 bridgehead atoms. The lowest BCUT2D eigenvalue weighted by Gasteiger charge is -2.13. The Bertz CT molecular complexity index is 1790. The van der Waals surface area contributed by atoms with E-state index in [1.165, 1.54) is 35.6 Å². The molecule has 3 aromatic carbocycles. The summed E-state index contributed by atoms with van der Waals surface area (Å²) in [4.78, 5) is 38.3. The smallest absolute Gasteiger partial charge is 0.270 e. The minimum atomic E-state index is -0.503. The summed E-state index contributed by atoms with van der Waals surface area (Å²) < 4.78 is 11.2. The molecule has 0 unspecified atom stereocenters. The second kappa shape index (κ2) is 14.0. The van der Waals surface area contributed by atoms with Crippen LogP contribution in [0.2, 0.25) is 10.0 Å². The summed E-state index contributed by atoms with van der Waals surface area (Å²) in [6.07, 6.45) is 4.44. The lowest BCUT2D eigenvalue weighted by Crippen LogP contribution is -2.28. The van der Waals surface area contributed by atoms with Crippen LogP contribution in [0.25, 0.3) is 6.08 Å². The number of halogens is 2. The summed E-state index contributed by atoms with van der Waals surface area (Å²) in [5.74, 6) is 0.0808. The molecule has 1 saturated heterocycles. The van der Waals surface area contributed by atoms with Crippen LogP contribution in [0.4, 0.5) is 11.4 Å². The van der Waals surface area contributed by atoms with Gasteiger partial charge in [-0.25, -0.2) is 0 Å². The number of furan rings is 1. The molecule has 11 nitrogen and oxygen atoms in total. The third-order valence-corrected chi connectivity index (χ3v) is 7.44. The van der Waals surface area contributed by atoms with Gasteiger partial charge in [0.05, 0.1) is 28.9 Å². The molecule has 1 aliphatic rings. The molecular formula is C30H21Cl2N5O6S. The Morgan fingerprint density at radius 3 is 2.61 bits per heavy atom. The second-order valence-corrected chi connectivity index (χ2v) is 11.0. The number of amides is 2. The highest BCUT2D eigenvalue weighted by Crippen LogP contribution is 2.36. The predicted octanol–water partition coefficient (Wildman–Crippen LogP) is 7.02. The van der Waals surface area contributed by atoms with Crippen molar-refractivity contribution < 1.29 is 23.7 Å². The van der Waals surface area contributed by atoms with Crippen LogP contribution in [0.1, 0.15) is 16.9 Å². The zero-order chi connectivity index (χ0) is 31.1. The fourth-order valence-corrected chi connectivity index (χ4v) is 5.15. The molecule has 0 radical (unpaired) electrons. The molecule has 1 aromatic heterocycles. The standard InChI is InChI=1S/C30H21Cl2N5O6S/c31-21-6-9-23(10-7-21)34-28(38)18-43-26-11-8-22(32)14-20(26)15-27-29(39)36(17-25-5-2-12-42-25)30(44-27)35-33-16-19-3-1-4-24(13-19)37(40)41/h1-16H,17-18H2,(H,34,38)/b27-15-,33-16-,35-30+. The summed E-state index contributed by atoms with van der Waals surface area (Å²) in [5, 5.41) is 23.3. The van der Waals surface area contributed by atoms with E-state index in [1.54, 1.807) is 66.7 Å². The first-order valence-electron chi connectivity index (χ1n) is 12.8. The topological polar surface area (TPSA) is 140 Å². The zero-order valence-corrected chi connectivity index (χ0v) is 24.9. The summed E-state index contributed by atoms with van der Waals surface area (Å²) >= 11 is 13.2. The molecule has 0 spiro atoms. The van der Waals surface area contributed by atoms with Gasteiger partial charge in [-0.3, -0.25) is 24.6 Å². The number of nitro groups is 1. The van der Waals surface area contributed by atoms with Gasteiger partial charge < -0.3 is 14.5 Å². The number of nitrogens with one attached hydrogen (secondary N) is 1. The Morgan fingerprint density at radius 1 is 1.07 bits per heavy atom. The number of rotatable bonds is 10. The first-order valence-corrected chi connectivity index (χ1v) is 14.4. The Balaban J connectivity index is 1.37. The second-order valence-electron chi connectivity index (χ2n) is 9.09. The molecule has 2 amide bonds. The molecule has 2 heterocycles. The van der Waals surface area contributed by atoms with E-state index in [1.807, 2.05) is 0 Å². The van der Waals surface area contributed by atoms with Gasteiger partial charge in [-0.2, -0.15) is 5.10 Å². The van der Waals surface area contributed by atoms with Crippen molar-refractivity contribution in [3.8, 4) is 5.75 Å². The van der Waals surface area contributed by atoms with Crippen LogP contribution in [0, 0.1) is 10.1 Å². The Hall–Kier alpha value is -4.91. The largest absolute Gasteiger partial charge is 0.483 e. The molecular weight excluding hydrogens is 629 g/mol. The van der Waals surface area contributed by atoms with Gasteiger partial charge in [-0.05, 0) is 72.4 Å². The van der Waals surface area contributed by atoms with Crippen molar-refractivity contribution in [2.75, 3.05) is 11.9 Å². The van der Waals surface area contributed by atoms with Gasteiger partial charge in [0.15, 0.2) is 11.8 Å². The predicted molar refractivity (Wildman–Crippen MR) is 170 cm³/mol. The van der Waals surface area contributed by atoms with Gasteiger partial charge >= 0.3 is 0 Å². The quantitative estimate of drug-likeness (QED) is 0.0842. The fraction of sp³-hybridized carbons (Fsp3) is 0.0667. The molecule has 0 saturated carbocycles. The van der Waals surface area contributed by atoms with E-state index in [2.05, 4.69) is 15.5 Å². The van der Waals surface area contributed by atoms with Crippen molar-refractivity contribution in [3.63, 3.8) is 0 Å². The van der Waals surface area contributed by atoms with Crippen LogP contribution in [-0.2, 0) is 16.1 Å². The van der Waals surface area contributed by atoms with Crippen LogP contribution in [0.3, 0.4) is 0 Å². The number of anilines is 1. The third kappa shape index (κ3) is 7.92. The van der Waals surface area contributed by atoms with Crippen molar-refractivity contribution in [3.05, 3.63) is 127 Å². The number of non-ortho nitro benzene ring substituents is 1. The Labute approximate surface area is 265 Å². The highest BCUT2D eigenvalue weighted by molar-refractivity contribution is 8.18. The lowest BCUT2D eigenvalue weighted by molar-refractivity contribution is -0.384. The van der Waals surface area contributed by atoms with Crippen LogP contribution in [0.15, 0.2) is 105 Å². The maximum Gasteiger partial charge on any atom is 0.270 e. The number of ether oxygens (including phenoxy) is 1. The van der Waals surface area contributed by atoms with Gasteiger partial charge in [0, 0.05) is 39.0 Å². The van der Waals surface area contributed by atoms with Crippen LogP contribution in [0.5, 0.6) is 5.75 Å². The number of nitrogens with zero attached hydrogens (tertiary/aromatic N) is 4. The first kappa shape index (κ1) is 30.5. The minimum absolute atomic E-state index is 0.0845. The molecule has 0 aliphatic carbocycles. The zero-order valence-electron chi connectivity index (χ0n) is 22.6. The fourth-order valence-electron chi connectivity index (χ4n) is 3.92. The highest BCUT2D eigenvalue weighted by atomic mass is 35.5. The average Bonchev–Trinajstić information content (AvgIpc) is 3.62. The molecule has 44 heavy (non-hydrogen) atoms. The van der Waals surface area contributed by atoms with Gasteiger partial charge in [-0.15, -0.1) is 5.10 Å². The Kier molecular flexibility index (Phi) is 9.75. The minimum Gasteiger partial charge on any atom is -0.483 e. The highest BCUT2D eigenvalue weighted by Gasteiger charge is 2.34. The van der Waals surface area contributed by atoms with Crippen molar-refractivity contribution in [1.29, 1.82) is 0 Å². The van der Waals surface area contributed by atoms with Gasteiger partial charge in [0.1, 0.15) is 11.5 Å². The van der Waals surface area contributed by atoms with E-state index in [0.717, 1.165) is 11.8 Å². The van der Waals surface area contributed by atoms with E-state index < -0.39 is 10.8 Å². The molecule has 0 atom stereocenters. The number of carbonyl (C=O) groups excluding carboxylic acids is 2.